The minimum Gasteiger partial charge on any atom is -0.289 e. The van der Waals surface area contributed by atoms with Crippen LogP contribution < -0.4 is 4.31 Å². The normalized spacial score (nSPS) is 13.2. The van der Waals surface area contributed by atoms with E-state index >= 15 is 0 Å². The van der Waals surface area contributed by atoms with Gasteiger partial charge in [0.15, 0.2) is 0 Å². The van der Waals surface area contributed by atoms with Crippen molar-refractivity contribution in [3.05, 3.63) is 44.6 Å². The summed E-state index contributed by atoms with van der Waals surface area (Å²) in [5.41, 5.74) is -0.628. The van der Waals surface area contributed by atoms with Crippen LogP contribution in [-0.2, 0) is 17.4 Å². The van der Waals surface area contributed by atoms with Crippen LogP contribution in [0.4, 0.5) is 24.5 Å². The summed E-state index contributed by atoms with van der Waals surface area (Å²) < 4.78 is 59.7. The van der Waals surface area contributed by atoms with Gasteiger partial charge >= 0.3 is 6.18 Å². The number of anilines is 2. The van der Waals surface area contributed by atoms with Gasteiger partial charge in [0.25, 0.3) is 11.3 Å². The zero-order valence-corrected chi connectivity index (χ0v) is 13.0. The summed E-state index contributed by atoms with van der Waals surface area (Å²) in [6.07, 6.45) is -4.48. The van der Waals surface area contributed by atoms with E-state index in [1.54, 1.807) is 0 Å². The molecule has 21 heavy (non-hydrogen) atoms. The van der Waals surface area contributed by atoms with Gasteiger partial charge in [0.05, 0.1) is 21.3 Å². The van der Waals surface area contributed by atoms with Gasteiger partial charge in [-0.1, -0.05) is 23.2 Å². The van der Waals surface area contributed by atoms with E-state index in [-0.39, 0.29) is 20.0 Å². The van der Waals surface area contributed by atoms with Crippen molar-refractivity contribution in [1.29, 1.82) is 0 Å². The number of benzene rings is 1. The van der Waals surface area contributed by atoms with Crippen molar-refractivity contribution >= 4 is 57.2 Å². The number of alkyl halides is 3. The molecule has 1 N–H and O–H groups in total. The van der Waals surface area contributed by atoms with Gasteiger partial charge in [-0.05, 0) is 30.3 Å². The Balaban J connectivity index is 2.45. The molecule has 1 aromatic carbocycles. The Bertz CT molecular complexity index is 673. The monoisotopic (exact) mass is 375 g/mol. The van der Waals surface area contributed by atoms with Crippen molar-refractivity contribution in [3.8, 4) is 0 Å². The quantitative estimate of drug-likeness (QED) is 0.734. The molecule has 0 bridgehead atoms. The maximum atomic E-state index is 12.5. The molecule has 2 rings (SSSR count). The summed E-state index contributed by atoms with van der Waals surface area (Å²) >= 11 is 10.1. The third-order valence-electron chi connectivity index (χ3n) is 2.44. The van der Waals surface area contributed by atoms with Crippen LogP contribution >= 0.6 is 34.5 Å². The summed E-state index contributed by atoms with van der Waals surface area (Å²) in [5, 5.41) is 0. The highest BCUT2D eigenvalue weighted by atomic mass is 35.5. The van der Waals surface area contributed by atoms with Crippen molar-refractivity contribution in [2.45, 2.75) is 6.18 Å². The van der Waals surface area contributed by atoms with E-state index in [0.717, 1.165) is 39.9 Å². The second-order valence-corrected chi connectivity index (χ2v) is 6.89. The van der Waals surface area contributed by atoms with Crippen LogP contribution in [0.15, 0.2) is 30.3 Å². The summed E-state index contributed by atoms with van der Waals surface area (Å²) in [4.78, 5) is 0. The Labute approximate surface area is 134 Å². The Morgan fingerprint density at radius 2 is 1.76 bits per heavy atom. The average Bonchev–Trinajstić information content (AvgIpc) is 2.68. The minimum absolute atomic E-state index is 0.0835. The molecule has 0 fully saturated rings. The molecule has 2 aromatic rings. The fraction of sp³-hybridized carbons (Fsp3) is 0.0909. The molecule has 0 saturated heterocycles. The largest absolute Gasteiger partial charge is 0.416 e. The molecule has 0 amide bonds. The molecular formula is C11H6Cl2F3NO2S2. The second kappa shape index (κ2) is 6.13. The van der Waals surface area contributed by atoms with Gasteiger partial charge in [0.1, 0.15) is 4.34 Å². The first-order valence-electron chi connectivity index (χ1n) is 5.23. The smallest absolute Gasteiger partial charge is 0.289 e. The number of halogens is 5. The third kappa shape index (κ3) is 3.70. The lowest BCUT2D eigenvalue weighted by Crippen LogP contribution is -2.19. The Hall–Kier alpha value is -0.800. The molecule has 0 aliphatic rings. The van der Waals surface area contributed by atoms with Crippen LogP contribution in [0.2, 0.25) is 8.67 Å². The molecule has 114 valence electrons. The molecule has 1 atom stereocenters. The fourth-order valence-corrected chi connectivity index (χ4v) is 3.73. The van der Waals surface area contributed by atoms with Gasteiger partial charge in [-0.25, -0.2) is 8.51 Å². The molecule has 1 aromatic heterocycles. The SMILES string of the molecule is O=S(O)N(c1ccc(C(F)(F)F)cc1)c1cc(Cl)sc1Cl. The first-order chi connectivity index (χ1) is 9.70. The van der Waals surface area contributed by atoms with E-state index in [4.69, 9.17) is 23.2 Å². The average molecular weight is 376 g/mol. The maximum Gasteiger partial charge on any atom is 0.416 e. The molecule has 0 spiro atoms. The Morgan fingerprint density at radius 3 is 2.14 bits per heavy atom. The van der Waals surface area contributed by atoms with Crippen LogP contribution in [0.5, 0.6) is 0 Å². The van der Waals surface area contributed by atoms with Crippen LogP contribution in [0.1, 0.15) is 5.56 Å². The minimum atomic E-state index is -4.48. The predicted molar refractivity (Wildman–Crippen MR) is 78.7 cm³/mol. The molecule has 1 heterocycles. The Kier molecular flexibility index (Phi) is 4.84. The van der Waals surface area contributed by atoms with E-state index in [1.165, 1.54) is 6.07 Å². The van der Waals surface area contributed by atoms with Crippen LogP contribution in [0, 0.1) is 0 Å². The predicted octanol–water partition coefficient (Wildman–Crippen LogP) is 5.35. The van der Waals surface area contributed by atoms with Gasteiger partial charge in [-0.15, -0.1) is 11.3 Å². The molecule has 0 saturated carbocycles. The van der Waals surface area contributed by atoms with Crippen molar-refractivity contribution < 1.29 is 21.9 Å². The van der Waals surface area contributed by atoms with E-state index < -0.39 is 23.0 Å². The molecule has 1 unspecified atom stereocenters. The van der Waals surface area contributed by atoms with E-state index in [9.17, 15) is 21.9 Å². The second-order valence-electron chi connectivity index (χ2n) is 3.78. The van der Waals surface area contributed by atoms with Gasteiger partial charge in [-0.2, -0.15) is 13.2 Å². The first kappa shape index (κ1) is 16.6. The van der Waals surface area contributed by atoms with E-state index in [1.807, 2.05) is 0 Å². The zero-order chi connectivity index (χ0) is 15.8. The summed E-state index contributed by atoms with van der Waals surface area (Å²) in [7, 11) is 0. The van der Waals surface area contributed by atoms with Gasteiger partial charge < -0.3 is 0 Å². The number of nitrogens with zero attached hydrogens (tertiary/aromatic N) is 1. The van der Waals surface area contributed by atoms with Crippen molar-refractivity contribution in [2.75, 3.05) is 4.31 Å². The number of hydrogen-bond donors (Lipinski definition) is 1. The molecule has 0 aliphatic heterocycles. The lowest BCUT2D eigenvalue weighted by Gasteiger charge is -2.19. The van der Waals surface area contributed by atoms with Crippen LogP contribution in [0.3, 0.4) is 0 Å². The number of thiophene rings is 1. The van der Waals surface area contributed by atoms with Gasteiger partial charge in [0.2, 0.25) is 0 Å². The van der Waals surface area contributed by atoms with Crippen LogP contribution in [0.25, 0.3) is 0 Å². The molecule has 10 heteroatoms. The molecule has 0 radical (unpaired) electrons. The van der Waals surface area contributed by atoms with Crippen molar-refractivity contribution in [2.24, 2.45) is 0 Å². The lowest BCUT2D eigenvalue weighted by molar-refractivity contribution is -0.137. The van der Waals surface area contributed by atoms with E-state index in [0.29, 0.717) is 0 Å². The number of rotatable bonds is 3. The molecular weight excluding hydrogens is 370 g/mol. The van der Waals surface area contributed by atoms with Crippen molar-refractivity contribution in [3.63, 3.8) is 0 Å². The molecule has 0 aliphatic carbocycles. The highest BCUT2D eigenvalue weighted by Crippen LogP contribution is 2.41. The third-order valence-corrected chi connectivity index (χ3v) is 4.63. The first-order valence-corrected chi connectivity index (χ1v) is 7.87. The molecule has 3 nitrogen and oxygen atoms in total. The summed E-state index contributed by atoms with van der Waals surface area (Å²) in [5.74, 6) is 0. The van der Waals surface area contributed by atoms with Crippen LogP contribution in [-0.4, -0.2) is 8.76 Å². The lowest BCUT2D eigenvalue weighted by atomic mass is 10.2. The van der Waals surface area contributed by atoms with Gasteiger partial charge in [0, 0.05) is 0 Å². The standard InChI is InChI=1S/C11H6Cl2F3NO2S2/c12-9-5-8(10(13)20-9)17(21(18)19)7-3-1-6(2-4-7)11(14,15)16/h1-5H,(H,18,19). The Morgan fingerprint density at radius 1 is 1.19 bits per heavy atom. The summed E-state index contributed by atoms with van der Waals surface area (Å²) in [6, 6.07) is 5.16. The topological polar surface area (TPSA) is 40.5 Å². The van der Waals surface area contributed by atoms with Crippen molar-refractivity contribution in [1.82, 2.24) is 0 Å². The fourth-order valence-electron chi connectivity index (χ4n) is 1.57. The van der Waals surface area contributed by atoms with Gasteiger partial charge in [-0.3, -0.25) is 4.55 Å². The maximum absolute atomic E-state index is 12.5. The zero-order valence-electron chi connectivity index (χ0n) is 9.90. The number of hydrogen-bond acceptors (Lipinski definition) is 2. The van der Waals surface area contributed by atoms with E-state index in [2.05, 4.69) is 0 Å². The highest BCUT2D eigenvalue weighted by molar-refractivity contribution is 7.81. The highest BCUT2D eigenvalue weighted by Gasteiger charge is 2.30. The summed E-state index contributed by atoms with van der Waals surface area (Å²) in [6.45, 7) is 0.